The van der Waals surface area contributed by atoms with Gasteiger partial charge in [-0.1, -0.05) is 37.1 Å². The van der Waals surface area contributed by atoms with E-state index in [0.29, 0.717) is 5.92 Å². The first-order valence-electron chi connectivity index (χ1n) is 7.65. The second-order valence-electron chi connectivity index (χ2n) is 6.37. The van der Waals surface area contributed by atoms with E-state index in [9.17, 15) is 0 Å². The third-order valence-electron chi connectivity index (χ3n) is 5.10. The van der Waals surface area contributed by atoms with Gasteiger partial charge in [0.1, 0.15) is 0 Å². The van der Waals surface area contributed by atoms with Crippen molar-refractivity contribution in [3.63, 3.8) is 0 Å². The standard InChI is InChI=1S/C17H25NO/c1-13-6-2-3-7-15(13)16(18)14-8-11-19-17(12-14)9-4-5-10-17/h2-3,6-7,14,16H,4-5,8-12,18H2,1H3. The quantitative estimate of drug-likeness (QED) is 0.878. The van der Waals surface area contributed by atoms with Crippen molar-refractivity contribution in [1.82, 2.24) is 0 Å². The fourth-order valence-corrected chi connectivity index (χ4v) is 3.95. The average Bonchev–Trinajstić information content (AvgIpc) is 2.86. The largest absolute Gasteiger partial charge is 0.375 e. The summed E-state index contributed by atoms with van der Waals surface area (Å²) < 4.78 is 6.12. The van der Waals surface area contributed by atoms with Gasteiger partial charge in [0.05, 0.1) is 5.60 Å². The van der Waals surface area contributed by atoms with Gasteiger partial charge in [-0.3, -0.25) is 0 Å². The van der Waals surface area contributed by atoms with E-state index >= 15 is 0 Å². The molecule has 3 rings (SSSR count). The van der Waals surface area contributed by atoms with Crippen LogP contribution in [0.1, 0.15) is 55.7 Å². The molecule has 2 N–H and O–H groups in total. The highest BCUT2D eigenvalue weighted by atomic mass is 16.5. The summed E-state index contributed by atoms with van der Waals surface area (Å²) in [7, 11) is 0. The summed E-state index contributed by atoms with van der Waals surface area (Å²) in [5.41, 5.74) is 9.38. The van der Waals surface area contributed by atoms with Gasteiger partial charge in [0, 0.05) is 12.6 Å². The van der Waals surface area contributed by atoms with Crippen molar-refractivity contribution in [2.45, 2.75) is 57.1 Å². The van der Waals surface area contributed by atoms with Crippen molar-refractivity contribution in [3.05, 3.63) is 35.4 Å². The lowest BCUT2D eigenvalue weighted by Crippen LogP contribution is -2.40. The van der Waals surface area contributed by atoms with E-state index in [1.54, 1.807) is 0 Å². The lowest BCUT2D eigenvalue weighted by atomic mass is 9.78. The maximum Gasteiger partial charge on any atom is 0.0685 e. The molecule has 0 aromatic heterocycles. The molecule has 0 amide bonds. The first-order valence-corrected chi connectivity index (χ1v) is 7.65. The van der Waals surface area contributed by atoms with Crippen LogP contribution in [0, 0.1) is 12.8 Å². The van der Waals surface area contributed by atoms with Gasteiger partial charge in [-0.15, -0.1) is 0 Å². The lowest BCUT2D eigenvalue weighted by molar-refractivity contribution is -0.0964. The maximum atomic E-state index is 6.57. The normalized spacial score (nSPS) is 27.6. The van der Waals surface area contributed by atoms with Gasteiger partial charge in [-0.25, -0.2) is 0 Å². The van der Waals surface area contributed by atoms with Gasteiger partial charge in [0.15, 0.2) is 0 Å². The molecule has 1 saturated heterocycles. The van der Waals surface area contributed by atoms with Gasteiger partial charge >= 0.3 is 0 Å². The number of nitrogens with two attached hydrogens (primary N) is 1. The van der Waals surface area contributed by atoms with Crippen molar-refractivity contribution in [3.8, 4) is 0 Å². The Bertz CT molecular complexity index is 437. The Balaban J connectivity index is 1.76. The van der Waals surface area contributed by atoms with Gasteiger partial charge < -0.3 is 10.5 Å². The van der Waals surface area contributed by atoms with Gasteiger partial charge in [0.25, 0.3) is 0 Å². The van der Waals surface area contributed by atoms with Gasteiger partial charge in [-0.05, 0) is 49.7 Å². The molecule has 1 aromatic carbocycles. The molecule has 19 heavy (non-hydrogen) atoms. The van der Waals surface area contributed by atoms with E-state index in [1.165, 1.54) is 36.8 Å². The van der Waals surface area contributed by atoms with Crippen molar-refractivity contribution >= 4 is 0 Å². The monoisotopic (exact) mass is 259 g/mol. The Morgan fingerprint density at radius 1 is 1.26 bits per heavy atom. The van der Waals surface area contributed by atoms with E-state index in [0.717, 1.165) is 19.4 Å². The molecule has 1 aliphatic carbocycles. The van der Waals surface area contributed by atoms with Gasteiger partial charge in [-0.2, -0.15) is 0 Å². The topological polar surface area (TPSA) is 35.2 Å². The summed E-state index contributed by atoms with van der Waals surface area (Å²) in [5, 5.41) is 0. The molecule has 2 aliphatic rings. The van der Waals surface area contributed by atoms with Crippen LogP contribution >= 0.6 is 0 Å². The first-order chi connectivity index (χ1) is 9.20. The van der Waals surface area contributed by atoms with Crippen molar-refractivity contribution in [2.24, 2.45) is 11.7 Å². The average molecular weight is 259 g/mol. The molecule has 2 heteroatoms. The minimum Gasteiger partial charge on any atom is -0.375 e. The highest BCUT2D eigenvalue weighted by Gasteiger charge is 2.41. The summed E-state index contributed by atoms with van der Waals surface area (Å²) in [5.74, 6) is 0.577. The van der Waals surface area contributed by atoms with Gasteiger partial charge in [0.2, 0.25) is 0 Å². The molecule has 2 atom stereocenters. The zero-order valence-corrected chi connectivity index (χ0v) is 11.9. The minimum atomic E-state index is 0.169. The molecular formula is C17H25NO. The van der Waals surface area contributed by atoms with Crippen LogP contribution in [0.15, 0.2) is 24.3 Å². The van der Waals surface area contributed by atoms with Crippen LogP contribution in [-0.4, -0.2) is 12.2 Å². The van der Waals surface area contributed by atoms with Crippen LogP contribution in [0.5, 0.6) is 0 Å². The molecule has 2 unspecified atom stereocenters. The van der Waals surface area contributed by atoms with Crippen molar-refractivity contribution in [2.75, 3.05) is 6.61 Å². The zero-order valence-electron chi connectivity index (χ0n) is 11.9. The number of hydrogen-bond acceptors (Lipinski definition) is 2. The summed E-state index contributed by atoms with van der Waals surface area (Å²) in [4.78, 5) is 0. The second kappa shape index (κ2) is 5.26. The number of rotatable bonds is 2. The molecule has 1 heterocycles. The van der Waals surface area contributed by atoms with Crippen LogP contribution in [0.2, 0.25) is 0 Å². The molecule has 2 fully saturated rings. The molecule has 0 bridgehead atoms. The van der Waals surface area contributed by atoms with Crippen LogP contribution < -0.4 is 5.73 Å². The SMILES string of the molecule is Cc1ccccc1C(N)C1CCOC2(CCCC2)C1. The Labute approximate surface area is 116 Å². The predicted octanol–water partition coefficient (Wildman–Crippen LogP) is 3.73. The van der Waals surface area contributed by atoms with Crippen molar-refractivity contribution < 1.29 is 4.74 Å². The van der Waals surface area contributed by atoms with E-state index in [4.69, 9.17) is 10.5 Å². The Hall–Kier alpha value is -0.860. The molecule has 1 aromatic rings. The highest BCUT2D eigenvalue weighted by molar-refractivity contribution is 5.29. The molecule has 0 radical (unpaired) electrons. The first kappa shape index (κ1) is 13.1. The van der Waals surface area contributed by atoms with E-state index in [-0.39, 0.29) is 11.6 Å². The van der Waals surface area contributed by atoms with Crippen molar-refractivity contribution in [1.29, 1.82) is 0 Å². The Morgan fingerprint density at radius 3 is 2.74 bits per heavy atom. The maximum absolute atomic E-state index is 6.57. The number of aryl methyl sites for hydroxylation is 1. The number of benzene rings is 1. The lowest BCUT2D eigenvalue weighted by Gasteiger charge is -2.40. The molecule has 1 spiro atoms. The molecule has 1 aliphatic heterocycles. The number of hydrogen-bond donors (Lipinski definition) is 1. The zero-order chi connectivity index (χ0) is 13.3. The molecular weight excluding hydrogens is 234 g/mol. The Morgan fingerprint density at radius 2 is 2.00 bits per heavy atom. The van der Waals surface area contributed by atoms with E-state index in [2.05, 4.69) is 31.2 Å². The second-order valence-corrected chi connectivity index (χ2v) is 6.37. The third-order valence-corrected chi connectivity index (χ3v) is 5.10. The molecule has 1 saturated carbocycles. The smallest absolute Gasteiger partial charge is 0.0685 e. The molecule has 2 nitrogen and oxygen atoms in total. The van der Waals surface area contributed by atoms with E-state index < -0.39 is 0 Å². The molecule has 104 valence electrons. The van der Waals surface area contributed by atoms with Crippen LogP contribution in [0.3, 0.4) is 0 Å². The fourth-order valence-electron chi connectivity index (χ4n) is 3.95. The highest BCUT2D eigenvalue weighted by Crippen LogP contribution is 2.44. The Kier molecular flexibility index (Phi) is 3.64. The summed E-state index contributed by atoms with van der Waals surface area (Å²) >= 11 is 0. The van der Waals surface area contributed by atoms with E-state index in [1.807, 2.05) is 0 Å². The summed E-state index contributed by atoms with van der Waals surface area (Å²) in [6, 6.07) is 8.72. The summed E-state index contributed by atoms with van der Waals surface area (Å²) in [6.07, 6.45) is 7.40. The van der Waals surface area contributed by atoms with Crippen LogP contribution in [0.4, 0.5) is 0 Å². The number of ether oxygens (including phenoxy) is 1. The third kappa shape index (κ3) is 2.56. The fraction of sp³-hybridized carbons (Fsp3) is 0.647. The summed E-state index contributed by atoms with van der Waals surface area (Å²) in [6.45, 7) is 3.06. The minimum absolute atomic E-state index is 0.169. The van der Waals surface area contributed by atoms with Crippen LogP contribution in [0.25, 0.3) is 0 Å². The van der Waals surface area contributed by atoms with Crippen LogP contribution in [-0.2, 0) is 4.74 Å². The predicted molar refractivity (Wildman–Crippen MR) is 78.0 cm³/mol.